The van der Waals surface area contributed by atoms with Crippen molar-refractivity contribution in [1.29, 1.82) is 0 Å². The van der Waals surface area contributed by atoms with Crippen molar-refractivity contribution in [2.45, 2.75) is 39.3 Å². The number of benzene rings is 1. The van der Waals surface area contributed by atoms with Crippen LogP contribution in [-0.2, 0) is 17.8 Å². The lowest BCUT2D eigenvalue weighted by Crippen LogP contribution is -2.36. The van der Waals surface area contributed by atoms with E-state index in [0.717, 1.165) is 23.1 Å². The van der Waals surface area contributed by atoms with Crippen molar-refractivity contribution in [3.05, 3.63) is 46.7 Å². The van der Waals surface area contributed by atoms with E-state index < -0.39 is 6.04 Å². The Balaban J connectivity index is 1.85. The van der Waals surface area contributed by atoms with Gasteiger partial charge in [0.05, 0.1) is 16.7 Å². The molecule has 124 valence electrons. The van der Waals surface area contributed by atoms with Gasteiger partial charge in [0.15, 0.2) is 0 Å². The number of hydrogen-bond acceptors (Lipinski definition) is 3. The SMILES string of the molecule is CC(C)C[C@H](N)C(=O)Nc1ccc(CCn2cc(Br)cn2)cc1. The number of nitrogens with one attached hydrogen (secondary N) is 1. The summed E-state index contributed by atoms with van der Waals surface area (Å²) in [5.74, 6) is 0.272. The van der Waals surface area contributed by atoms with Crippen LogP contribution in [0.2, 0.25) is 0 Å². The third-order valence-corrected chi connectivity index (χ3v) is 3.92. The van der Waals surface area contributed by atoms with Gasteiger partial charge in [-0.2, -0.15) is 5.10 Å². The third kappa shape index (κ3) is 5.80. The number of carbonyl (C=O) groups is 1. The summed E-state index contributed by atoms with van der Waals surface area (Å²) in [6.07, 6.45) is 5.29. The van der Waals surface area contributed by atoms with Crippen molar-refractivity contribution in [2.24, 2.45) is 11.7 Å². The van der Waals surface area contributed by atoms with Crippen molar-refractivity contribution in [1.82, 2.24) is 9.78 Å². The zero-order chi connectivity index (χ0) is 16.8. The third-order valence-electron chi connectivity index (χ3n) is 3.51. The quantitative estimate of drug-likeness (QED) is 0.776. The van der Waals surface area contributed by atoms with Gasteiger partial charge >= 0.3 is 0 Å². The number of hydrogen-bond donors (Lipinski definition) is 2. The molecule has 0 aliphatic rings. The molecule has 1 heterocycles. The van der Waals surface area contributed by atoms with E-state index in [4.69, 9.17) is 5.73 Å². The fraction of sp³-hybridized carbons (Fsp3) is 0.412. The monoisotopic (exact) mass is 378 g/mol. The van der Waals surface area contributed by atoms with Gasteiger partial charge in [0, 0.05) is 18.4 Å². The Kier molecular flexibility index (Phi) is 6.36. The molecule has 0 radical (unpaired) electrons. The normalized spacial score (nSPS) is 12.4. The summed E-state index contributed by atoms with van der Waals surface area (Å²) >= 11 is 3.38. The van der Waals surface area contributed by atoms with Crippen LogP contribution in [0.1, 0.15) is 25.8 Å². The molecule has 1 amide bonds. The van der Waals surface area contributed by atoms with Gasteiger partial charge in [0.1, 0.15) is 0 Å². The highest BCUT2D eigenvalue weighted by Gasteiger charge is 2.14. The van der Waals surface area contributed by atoms with Crippen LogP contribution < -0.4 is 11.1 Å². The molecule has 0 saturated carbocycles. The van der Waals surface area contributed by atoms with Gasteiger partial charge in [-0.3, -0.25) is 9.48 Å². The molecule has 2 rings (SSSR count). The van der Waals surface area contributed by atoms with Crippen molar-refractivity contribution in [3.63, 3.8) is 0 Å². The molecule has 0 aliphatic carbocycles. The highest BCUT2D eigenvalue weighted by atomic mass is 79.9. The standard InChI is InChI=1S/C17H23BrN4O/c1-12(2)9-16(19)17(23)21-15-5-3-13(4-6-15)7-8-22-11-14(18)10-20-22/h3-6,10-12,16H,7-9,19H2,1-2H3,(H,21,23)/t16-/m0/s1. The van der Waals surface area contributed by atoms with Gasteiger partial charge in [0.25, 0.3) is 0 Å². The number of rotatable bonds is 7. The number of halogens is 1. The zero-order valence-corrected chi connectivity index (χ0v) is 15.1. The average Bonchev–Trinajstić information content (AvgIpc) is 2.91. The first-order valence-corrected chi connectivity index (χ1v) is 8.56. The van der Waals surface area contributed by atoms with Crippen LogP contribution in [-0.4, -0.2) is 21.7 Å². The van der Waals surface area contributed by atoms with E-state index >= 15 is 0 Å². The van der Waals surface area contributed by atoms with Crippen molar-refractivity contribution >= 4 is 27.5 Å². The van der Waals surface area contributed by atoms with Crippen molar-refractivity contribution in [2.75, 3.05) is 5.32 Å². The topological polar surface area (TPSA) is 72.9 Å². The molecule has 0 fully saturated rings. The minimum atomic E-state index is -0.465. The van der Waals surface area contributed by atoms with Crippen LogP contribution in [0.15, 0.2) is 41.1 Å². The maximum Gasteiger partial charge on any atom is 0.241 e. The fourth-order valence-corrected chi connectivity index (χ4v) is 2.64. The minimum absolute atomic E-state index is 0.132. The lowest BCUT2D eigenvalue weighted by molar-refractivity contribution is -0.117. The highest BCUT2D eigenvalue weighted by Crippen LogP contribution is 2.13. The summed E-state index contributed by atoms with van der Waals surface area (Å²) in [7, 11) is 0. The van der Waals surface area contributed by atoms with Crippen LogP contribution in [0.25, 0.3) is 0 Å². The van der Waals surface area contributed by atoms with Crippen LogP contribution in [0.4, 0.5) is 5.69 Å². The zero-order valence-electron chi connectivity index (χ0n) is 13.5. The maximum atomic E-state index is 12.0. The predicted octanol–water partition coefficient (Wildman–Crippen LogP) is 3.20. The summed E-state index contributed by atoms with van der Waals surface area (Å²) in [5, 5.41) is 7.09. The molecule has 0 unspecified atom stereocenters. The van der Waals surface area contributed by atoms with E-state index in [1.165, 1.54) is 5.56 Å². The second kappa shape index (κ2) is 8.26. The average molecular weight is 379 g/mol. The summed E-state index contributed by atoms with van der Waals surface area (Å²) in [6, 6.07) is 7.39. The Hall–Kier alpha value is -1.66. The number of nitrogens with two attached hydrogens (primary N) is 1. The Morgan fingerprint density at radius 1 is 1.35 bits per heavy atom. The first-order chi connectivity index (χ1) is 10.9. The lowest BCUT2D eigenvalue weighted by atomic mass is 10.0. The van der Waals surface area contributed by atoms with Gasteiger partial charge < -0.3 is 11.1 Å². The number of aryl methyl sites for hydroxylation is 2. The van der Waals surface area contributed by atoms with E-state index in [1.807, 2.05) is 35.1 Å². The molecule has 3 N–H and O–H groups in total. The summed E-state index contributed by atoms with van der Waals surface area (Å²) in [5.41, 5.74) is 7.86. The molecule has 1 aromatic heterocycles. The first kappa shape index (κ1) is 17.7. The molecule has 0 aliphatic heterocycles. The molecule has 5 nitrogen and oxygen atoms in total. The van der Waals surface area contributed by atoms with E-state index in [2.05, 4.69) is 40.2 Å². The molecule has 1 atom stereocenters. The number of anilines is 1. The van der Waals surface area contributed by atoms with Gasteiger partial charge in [-0.05, 0) is 52.4 Å². The maximum absolute atomic E-state index is 12.0. The molecular formula is C17H23BrN4O. The molecule has 0 bridgehead atoms. The molecule has 23 heavy (non-hydrogen) atoms. The number of carbonyl (C=O) groups excluding carboxylic acids is 1. The van der Waals surface area contributed by atoms with Gasteiger partial charge in [-0.1, -0.05) is 26.0 Å². The Morgan fingerprint density at radius 2 is 2.04 bits per heavy atom. The largest absolute Gasteiger partial charge is 0.325 e. The number of aromatic nitrogens is 2. The fourth-order valence-electron chi connectivity index (χ4n) is 2.31. The van der Waals surface area contributed by atoms with E-state index in [1.54, 1.807) is 6.20 Å². The molecule has 1 aromatic carbocycles. The second-order valence-electron chi connectivity index (χ2n) is 6.09. The molecule has 0 spiro atoms. The Morgan fingerprint density at radius 3 is 2.61 bits per heavy atom. The smallest absolute Gasteiger partial charge is 0.241 e. The van der Waals surface area contributed by atoms with Crippen LogP contribution in [0.5, 0.6) is 0 Å². The van der Waals surface area contributed by atoms with Crippen LogP contribution in [0.3, 0.4) is 0 Å². The molecule has 0 saturated heterocycles. The lowest BCUT2D eigenvalue weighted by Gasteiger charge is -2.14. The van der Waals surface area contributed by atoms with E-state index in [9.17, 15) is 4.79 Å². The molecule has 6 heteroatoms. The van der Waals surface area contributed by atoms with Gasteiger partial charge in [0.2, 0.25) is 5.91 Å². The number of nitrogens with zero attached hydrogens (tertiary/aromatic N) is 2. The van der Waals surface area contributed by atoms with Gasteiger partial charge in [-0.25, -0.2) is 0 Å². The molecule has 2 aromatic rings. The van der Waals surface area contributed by atoms with Gasteiger partial charge in [-0.15, -0.1) is 0 Å². The van der Waals surface area contributed by atoms with Crippen molar-refractivity contribution in [3.8, 4) is 0 Å². The van der Waals surface area contributed by atoms with Crippen LogP contribution in [0, 0.1) is 5.92 Å². The predicted molar refractivity (Wildman–Crippen MR) is 96.1 cm³/mol. The van der Waals surface area contributed by atoms with Crippen LogP contribution >= 0.6 is 15.9 Å². The minimum Gasteiger partial charge on any atom is -0.325 e. The van der Waals surface area contributed by atoms with E-state index in [0.29, 0.717) is 12.3 Å². The summed E-state index contributed by atoms with van der Waals surface area (Å²) in [6.45, 7) is 4.93. The number of amides is 1. The second-order valence-corrected chi connectivity index (χ2v) is 7.01. The highest BCUT2D eigenvalue weighted by molar-refractivity contribution is 9.10. The van der Waals surface area contributed by atoms with E-state index in [-0.39, 0.29) is 5.91 Å². The molecular weight excluding hydrogens is 356 g/mol. The summed E-state index contributed by atoms with van der Waals surface area (Å²) in [4.78, 5) is 12.0. The Bertz CT molecular complexity index is 636. The first-order valence-electron chi connectivity index (χ1n) is 7.77. The van der Waals surface area contributed by atoms with Crippen molar-refractivity contribution < 1.29 is 4.79 Å². The Labute approximate surface area is 145 Å². The summed E-state index contributed by atoms with van der Waals surface area (Å²) < 4.78 is 2.87.